The Hall–Kier alpha value is -2.05. The number of anilines is 1. The number of methoxy groups -OCH3 is 1. The molecule has 0 spiro atoms. The number of nitrogens with zero attached hydrogens (tertiary/aromatic N) is 2. The van der Waals surface area contributed by atoms with Crippen LogP contribution in [-0.4, -0.2) is 17.0 Å². The topological polar surface area (TPSA) is 77.3 Å². The van der Waals surface area contributed by atoms with Gasteiger partial charge >= 0.3 is 0 Å². The van der Waals surface area contributed by atoms with Crippen LogP contribution in [0.25, 0.3) is 0 Å². The van der Waals surface area contributed by atoms with Crippen molar-refractivity contribution in [3.63, 3.8) is 0 Å². The lowest BCUT2D eigenvalue weighted by Crippen LogP contribution is -2.02. The maximum absolute atomic E-state index is 10.7. The Bertz CT molecular complexity index is 639. The highest BCUT2D eigenvalue weighted by molar-refractivity contribution is 6.39. The molecule has 2 rings (SSSR count). The van der Waals surface area contributed by atoms with Gasteiger partial charge in [-0.25, -0.2) is 4.98 Å². The van der Waals surface area contributed by atoms with Crippen LogP contribution in [0.3, 0.4) is 0 Å². The molecule has 0 unspecified atom stereocenters. The summed E-state index contributed by atoms with van der Waals surface area (Å²) in [6.07, 6.45) is 1.65. The molecule has 0 fully saturated rings. The van der Waals surface area contributed by atoms with Gasteiger partial charge in [-0.05, 0) is 5.56 Å². The van der Waals surface area contributed by atoms with Gasteiger partial charge in [-0.2, -0.15) is 0 Å². The molecule has 1 N–H and O–H groups in total. The fraction of sp³-hybridized carbons (Fsp3) is 0.154. The number of hydrogen-bond acceptors (Lipinski definition) is 5. The van der Waals surface area contributed by atoms with Crippen LogP contribution >= 0.6 is 23.2 Å². The lowest BCUT2D eigenvalue weighted by atomic mass is 10.2. The molecule has 6 nitrogen and oxygen atoms in total. The molecule has 1 aromatic carbocycles. The lowest BCUT2D eigenvalue weighted by Gasteiger charge is -2.10. The summed E-state index contributed by atoms with van der Waals surface area (Å²) >= 11 is 12.0. The molecular formula is C13H11Cl2N3O3. The van der Waals surface area contributed by atoms with Crippen LogP contribution in [0, 0.1) is 10.1 Å². The number of benzene rings is 1. The molecule has 0 amide bonds. The van der Waals surface area contributed by atoms with E-state index >= 15 is 0 Å². The van der Waals surface area contributed by atoms with Crippen LogP contribution in [0.5, 0.6) is 5.88 Å². The number of non-ortho nitro benzene ring substituents is 1. The SMILES string of the molecule is COc1ccc(CNc2c(Cl)cc([N+](=O)[O-])cc2Cl)cn1. The summed E-state index contributed by atoms with van der Waals surface area (Å²) in [5, 5.41) is 14.1. The quantitative estimate of drug-likeness (QED) is 0.665. The largest absolute Gasteiger partial charge is 0.481 e. The predicted octanol–water partition coefficient (Wildman–Crippen LogP) is 3.92. The Morgan fingerprint density at radius 1 is 1.33 bits per heavy atom. The summed E-state index contributed by atoms with van der Waals surface area (Å²) in [4.78, 5) is 14.2. The Morgan fingerprint density at radius 2 is 2.00 bits per heavy atom. The number of ether oxygens (including phenoxy) is 1. The summed E-state index contributed by atoms with van der Waals surface area (Å²) in [6, 6.07) is 6.08. The minimum absolute atomic E-state index is 0.151. The van der Waals surface area contributed by atoms with Crippen LogP contribution in [0.1, 0.15) is 5.56 Å². The van der Waals surface area contributed by atoms with Gasteiger partial charge in [0.25, 0.3) is 5.69 Å². The summed E-state index contributed by atoms with van der Waals surface area (Å²) < 4.78 is 4.97. The van der Waals surface area contributed by atoms with E-state index < -0.39 is 4.92 Å². The average Bonchev–Trinajstić information content (AvgIpc) is 2.46. The molecule has 8 heteroatoms. The zero-order valence-electron chi connectivity index (χ0n) is 11.0. The fourth-order valence-corrected chi connectivity index (χ4v) is 2.27. The molecule has 0 saturated carbocycles. The van der Waals surface area contributed by atoms with E-state index in [1.807, 2.05) is 6.07 Å². The second-order valence-electron chi connectivity index (χ2n) is 4.10. The molecule has 2 aromatic rings. The minimum Gasteiger partial charge on any atom is -0.481 e. The monoisotopic (exact) mass is 327 g/mol. The van der Waals surface area contributed by atoms with E-state index in [0.29, 0.717) is 18.1 Å². The Labute approximate surface area is 130 Å². The molecule has 0 saturated heterocycles. The number of nitro groups is 1. The van der Waals surface area contributed by atoms with E-state index in [4.69, 9.17) is 27.9 Å². The number of aromatic nitrogens is 1. The number of nitro benzene ring substituents is 1. The van der Waals surface area contributed by atoms with Gasteiger partial charge < -0.3 is 10.1 Å². The summed E-state index contributed by atoms with van der Waals surface area (Å²) in [5.74, 6) is 0.519. The average molecular weight is 328 g/mol. The Kier molecular flexibility index (Phi) is 4.82. The van der Waals surface area contributed by atoms with Crippen LogP contribution in [0.4, 0.5) is 11.4 Å². The molecule has 0 bridgehead atoms. The molecule has 1 aromatic heterocycles. The van der Waals surface area contributed by atoms with Crippen molar-refractivity contribution >= 4 is 34.6 Å². The van der Waals surface area contributed by atoms with Crippen molar-refractivity contribution in [3.05, 3.63) is 56.2 Å². The molecule has 0 aliphatic rings. The second-order valence-corrected chi connectivity index (χ2v) is 4.92. The highest BCUT2D eigenvalue weighted by Gasteiger charge is 2.14. The normalized spacial score (nSPS) is 10.2. The summed E-state index contributed by atoms with van der Waals surface area (Å²) in [7, 11) is 1.54. The van der Waals surface area contributed by atoms with Gasteiger partial charge in [0.1, 0.15) is 0 Å². The van der Waals surface area contributed by atoms with Gasteiger partial charge in [0, 0.05) is 30.9 Å². The summed E-state index contributed by atoms with van der Waals surface area (Å²) in [5.41, 5.74) is 1.18. The minimum atomic E-state index is -0.547. The third-order valence-electron chi connectivity index (χ3n) is 2.71. The maximum atomic E-state index is 10.7. The van der Waals surface area contributed by atoms with E-state index in [9.17, 15) is 10.1 Å². The standard InChI is InChI=1S/C13H11Cl2N3O3/c1-21-12-3-2-8(6-16-12)7-17-13-10(14)4-9(18(19)20)5-11(13)15/h2-6,17H,7H2,1H3. The zero-order valence-corrected chi connectivity index (χ0v) is 12.5. The first-order valence-corrected chi connectivity index (χ1v) is 6.63. The number of pyridine rings is 1. The first-order chi connectivity index (χ1) is 10.0. The zero-order chi connectivity index (χ0) is 15.4. The van der Waals surface area contributed by atoms with Gasteiger partial charge in [0.05, 0.1) is 27.8 Å². The summed E-state index contributed by atoms with van der Waals surface area (Å²) in [6.45, 7) is 0.425. The van der Waals surface area contributed by atoms with Crippen molar-refractivity contribution in [3.8, 4) is 5.88 Å². The van der Waals surface area contributed by atoms with E-state index in [1.54, 1.807) is 12.3 Å². The fourth-order valence-electron chi connectivity index (χ4n) is 1.66. The Balaban J connectivity index is 2.14. The van der Waals surface area contributed by atoms with Gasteiger partial charge in [0.2, 0.25) is 5.88 Å². The molecule has 21 heavy (non-hydrogen) atoms. The van der Waals surface area contributed by atoms with Crippen LogP contribution in [0.15, 0.2) is 30.5 Å². The van der Waals surface area contributed by atoms with Crippen LogP contribution in [0.2, 0.25) is 10.0 Å². The van der Waals surface area contributed by atoms with E-state index in [1.165, 1.54) is 19.2 Å². The van der Waals surface area contributed by atoms with Gasteiger partial charge in [-0.15, -0.1) is 0 Å². The van der Waals surface area contributed by atoms with Crippen LogP contribution in [-0.2, 0) is 6.54 Å². The van der Waals surface area contributed by atoms with E-state index in [-0.39, 0.29) is 15.7 Å². The molecule has 0 aliphatic heterocycles. The first kappa shape index (κ1) is 15.3. The second kappa shape index (κ2) is 6.60. The maximum Gasteiger partial charge on any atom is 0.272 e. The highest BCUT2D eigenvalue weighted by atomic mass is 35.5. The van der Waals surface area contributed by atoms with E-state index in [2.05, 4.69) is 10.3 Å². The number of nitrogens with one attached hydrogen (secondary N) is 1. The van der Waals surface area contributed by atoms with Crippen molar-refractivity contribution in [1.29, 1.82) is 0 Å². The van der Waals surface area contributed by atoms with Crippen molar-refractivity contribution in [2.24, 2.45) is 0 Å². The molecule has 1 heterocycles. The smallest absolute Gasteiger partial charge is 0.272 e. The predicted molar refractivity (Wildman–Crippen MR) is 81.2 cm³/mol. The van der Waals surface area contributed by atoms with Crippen LogP contribution < -0.4 is 10.1 Å². The molecule has 110 valence electrons. The van der Waals surface area contributed by atoms with Gasteiger partial charge in [-0.1, -0.05) is 29.3 Å². The molecule has 0 radical (unpaired) electrons. The van der Waals surface area contributed by atoms with Crippen molar-refractivity contribution in [1.82, 2.24) is 4.98 Å². The van der Waals surface area contributed by atoms with Crippen molar-refractivity contribution < 1.29 is 9.66 Å². The first-order valence-electron chi connectivity index (χ1n) is 5.87. The third-order valence-corrected chi connectivity index (χ3v) is 3.31. The number of rotatable bonds is 5. The molecule has 0 atom stereocenters. The highest BCUT2D eigenvalue weighted by Crippen LogP contribution is 2.34. The Morgan fingerprint density at radius 3 is 2.48 bits per heavy atom. The lowest BCUT2D eigenvalue weighted by molar-refractivity contribution is -0.384. The van der Waals surface area contributed by atoms with Gasteiger partial charge in [-0.3, -0.25) is 10.1 Å². The number of hydrogen-bond donors (Lipinski definition) is 1. The van der Waals surface area contributed by atoms with Gasteiger partial charge in [0.15, 0.2) is 0 Å². The van der Waals surface area contributed by atoms with E-state index in [0.717, 1.165) is 5.56 Å². The number of halogens is 2. The van der Waals surface area contributed by atoms with Crippen molar-refractivity contribution in [2.45, 2.75) is 6.54 Å². The van der Waals surface area contributed by atoms with Crippen molar-refractivity contribution in [2.75, 3.05) is 12.4 Å². The third kappa shape index (κ3) is 3.74. The molecule has 0 aliphatic carbocycles. The molecular weight excluding hydrogens is 317 g/mol.